The maximum Gasteiger partial charge on any atom is 0.324 e. The Hall–Kier alpha value is -1.96. The van der Waals surface area contributed by atoms with Crippen molar-refractivity contribution >= 4 is 11.9 Å². The third-order valence-corrected chi connectivity index (χ3v) is 5.25. The number of benzene rings is 1. The third kappa shape index (κ3) is 3.90. The Balaban J connectivity index is 1.72. The van der Waals surface area contributed by atoms with E-state index in [-0.39, 0.29) is 25.1 Å². The lowest BCUT2D eigenvalue weighted by Crippen LogP contribution is -2.67. The lowest BCUT2D eigenvalue weighted by Gasteiger charge is -2.49. The van der Waals surface area contributed by atoms with E-state index in [1.165, 1.54) is 4.90 Å². The van der Waals surface area contributed by atoms with Crippen LogP contribution in [0.25, 0.3) is 0 Å². The molecule has 0 unspecified atom stereocenters. The minimum absolute atomic E-state index is 0.0985. The Morgan fingerprint density at radius 1 is 1.38 bits per heavy atom. The zero-order valence-corrected chi connectivity index (χ0v) is 15.2. The van der Waals surface area contributed by atoms with Crippen LogP contribution in [0.1, 0.15) is 25.3 Å². The third-order valence-electron chi connectivity index (χ3n) is 5.25. The summed E-state index contributed by atoms with van der Waals surface area (Å²) in [5.41, 5.74) is 0.423. The van der Waals surface area contributed by atoms with Crippen LogP contribution in [0.5, 0.6) is 0 Å². The lowest BCUT2D eigenvalue weighted by atomic mass is 9.94. The molecule has 0 spiro atoms. The standard InChI is InChI=1S/C19H27N3O4/c1-15-11-26-14-19(13-23,22(15)10-16-6-3-2-4-7-16)12-20-18(25)21-9-5-8-17(21)24/h2-4,6-7,15,23H,5,8-14H2,1H3,(H,20,25)/t15-,19+/m1/s1. The van der Waals surface area contributed by atoms with Crippen LogP contribution < -0.4 is 5.32 Å². The molecule has 3 rings (SSSR count). The summed E-state index contributed by atoms with van der Waals surface area (Å²) in [5.74, 6) is -0.144. The summed E-state index contributed by atoms with van der Waals surface area (Å²) in [6.45, 7) is 4.16. The van der Waals surface area contributed by atoms with Crippen molar-refractivity contribution in [3.05, 3.63) is 35.9 Å². The molecular formula is C19H27N3O4. The molecule has 0 aromatic heterocycles. The highest BCUT2D eigenvalue weighted by Gasteiger charge is 2.43. The second kappa shape index (κ2) is 8.16. The maximum atomic E-state index is 12.4. The average molecular weight is 361 g/mol. The topological polar surface area (TPSA) is 82.1 Å². The van der Waals surface area contributed by atoms with Crippen molar-refractivity contribution < 1.29 is 19.4 Å². The van der Waals surface area contributed by atoms with Gasteiger partial charge in [0.2, 0.25) is 5.91 Å². The summed E-state index contributed by atoms with van der Waals surface area (Å²) < 4.78 is 5.70. The first-order valence-corrected chi connectivity index (χ1v) is 9.13. The number of aliphatic hydroxyl groups is 1. The van der Waals surface area contributed by atoms with Gasteiger partial charge in [0.15, 0.2) is 0 Å². The van der Waals surface area contributed by atoms with E-state index in [2.05, 4.69) is 17.1 Å². The predicted octanol–water partition coefficient (Wildman–Crippen LogP) is 0.970. The average Bonchev–Trinajstić information content (AvgIpc) is 3.09. The highest BCUT2D eigenvalue weighted by atomic mass is 16.5. The van der Waals surface area contributed by atoms with Crippen LogP contribution >= 0.6 is 0 Å². The Morgan fingerprint density at radius 3 is 2.81 bits per heavy atom. The molecule has 1 aromatic rings. The van der Waals surface area contributed by atoms with Crippen molar-refractivity contribution in [2.24, 2.45) is 0 Å². The van der Waals surface area contributed by atoms with Gasteiger partial charge in [-0.15, -0.1) is 0 Å². The number of aliphatic hydroxyl groups excluding tert-OH is 1. The van der Waals surface area contributed by atoms with Crippen LogP contribution in [0.15, 0.2) is 30.3 Å². The van der Waals surface area contributed by atoms with Gasteiger partial charge in [0.1, 0.15) is 0 Å². The predicted molar refractivity (Wildman–Crippen MR) is 96.4 cm³/mol. The quantitative estimate of drug-likeness (QED) is 0.817. The molecule has 0 radical (unpaired) electrons. The maximum absolute atomic E-state index is 12.4. The van der Waals surface area contributed by atoms with Gasteiger partial charge in [-0.2, -0.15) is 0 Å². The summed E-state index contributed by atoms with van der Waals surface area (Å²) in [5, 5.41) is 13.0. The van der Waals surface area contributed by atoms with Crippen molar-refractivity contribution in [1.29, 1.82) is 0 Å². The first kappa shape index (κ1) is 18.8. The Bertz CT molecular complexity index is 639. The molecule has 2 atom stereocenters. The zero-order chi connectivity index (χ0) is 18.6. The number of hydrogen-bond donors (Lipinski definition) is 2. The van der Waals surface area contributed by atoms with Crippen LogP contribution in [0, 0.1) is 0 Å². The van der Waals surface area contributed by atoms with Crippen LogP contribution in [-0.4, -0.2) is 71.3 Å². The number of carbonyl (C=O) groups excluding carboxylic acids is 2. The van der Waals surface area contributed by atoms with E-state index >= 15 is 0 Å². The highest BCUT2D eigenvalue weighted by Crippen LogP contribution is 2.26. The molecule has 2 N–H and O–H groups in total. The number of urea groups is 1. The van der Waals surface area contributed by atoms with Crippen LogP contribution in [0.3, 0.4) is 0 Å². The van der Waals surface area contributed by atoms with Gasteiger partial charge in [-0.25, -0.2) is 4.79 Å². The van der Waals surface area contributed by atoms with Gasteiger partial charge in [-0.3, -0.25) is 14.6 Å². The van der Waals surface area contributed by atoms with Gasteiger partial charge < -0.3 is 15.2 Å². The number of carbonyl (C=O) groups is 2. The molecule has 26 heavy (non-hydrogen) atoms. The molecule has 0 saturated carbocycles. The first-order chi connectivity index (χ1) is 12.6. The number of hydrogen-bond acceptors (Lipinski definition) is 5. The lowest BCUT2D eigenvalue weighted by molar-refractivity contribution is -0.126. The van der Waals surface area contributed by atoms with Gasteiger partial charge in [-0.1, -0.05) is 30.3 Å². The first-order valence-electron chi connectivity index (χ1n) is 9.13. The van der Waals surface area contributed by atoms with Crippen LogP contribution in [0.4, 0.5) is 4.79 Å². The molecule has 7 heteroatoms. The fourth-order valence-electron chi connectivity index (χ4n) is 3.71. The number of morpholine rings is 1. The molecule has 2 saturated heterocycles. The molecule has 142 valence electrons. The van der Waals surface area contributed by atoms with E-state index < -0.39 is 11.6 Å². The Labute approximate surface area is 153 Å². The molecule has 0 aliphatic carbocycles. The minimum Gasteiger partial charge on any atom is -0.394 e. The summed E-state index contributed by atoms with van der Waals surface area (Å²) in [7, 11) is 0. The Morgan fingerprint density at radius 2 is 2.15 bits per heavy atom. The smallest absolute Gasteiger partial charge is 0.324 e. The monoisotopic (exact) mass is 361 g/mol. The second-order valence-electron chi connectivity index (χ2n) is 7.17. The van der Waals surface area contributed by atoms with Crippen molar-refractivity contribution in [2.75, 3.05) is 32.9 Å². The number of imide groups is 1. The van der Waals surface area contributed by atoms with Crippen molar-refractivity contribution in [3.63, 3.8) is 0 Å². The van der Waals surface area contributed by atoms with E-state index in [0.717, 1.165) is 5.56 Å². The van der Waals surface area contributed by atoms with E-state index in [4.69, 9.17) is 4.74 Å². The fraction of sp³-hybridized carbons (Fsp3) is 0.579. The van der Waals surface area contributed by atoms with Crippen molar-refractivity contribution in [3.8, 4) is 0 Å². The fourth-order valence-corrected chi connectivity index (χ4v) is 3.71. The zero-order valence-electron chi connectivity index (χ0n) is 15.2. The molecule has 7 nitrogen and oxygen atoms in total. The number of amides is 3. The molecule has 0 bridgehead atoms. The summed E-state index contributed by atoms with van der Waals surface area (Å²) in [6.07, 6.45) is 1.12. The largest absolute Gasteiger partial charge is 0.394 e. The number of likely N-dealkylation sites (tertiary alicyclic amines) is 1. The number of ether oxygens (including phenoxy) is 1. The normalized spacial score (nSPS) is 26.9. The Kier molecular flexibility index (Phi) is 5.90. The molecule has 2 aliphatic heterocycles. The van der Waals surface area contributed by atoms with Gasteiger partial charge >= 0.3 is 6.03 Å². The van der Waals surface area contributed by atoms with Gasteiger partial charge in [-0.05, 0) is 18.9 Å². The summed E-state index contributed by atoms with van der Waals surface area (Å²) in [4.78, 5) is 27.6. The molecular weight excluding hydrogens is 334 g/mol. The number of rotatable bonds is 5. The van der Waals surface area contributed by atoms with Crippen LogP contribution in [-0.2, 0) is 16.1 Å². The summed E-state index contributed by atoms with van der Waals surface area (Å²) in [6, 6.07) is 9.75. The van der Waals surface area contributed by atoms with E-state index in [1.807, 2.05) is 30.3 Å². The molecule has 2 fully saturated rings. The van der Waals surface area contributed by atoms with Crippen LogP contribution in [0.2, 0.25) is 0 Å². The molecule has 2 heterocycles. The summed E-state index contributed by atoms with van der Waals surface area (Å²) >= 11 is 0. The minimum atomic E-state index is -0.716. The second-order valence-corrected chi connectivity index (χ2v) is 7.17. The van der Waals surface area contributed by atoms with Crippen molar-refractivity contribution in [1.82, 2.24) is 15.1 Å². The molecule has 3 amide bonds. The van der Waals surface area contributed by atoms with E-state index in [9.17, 15) is 14.7 Å². The van der Waals surface area contributed by atoms with E-state index in [0.29, 0.717) is 39.1 Å². The van der Waals surface area contributed by atoms with Gasteiger partial charge in [0.25, 0.3) is 0 Å². The SMILES string of the molecule is C[C@@H]1COC[C@@](CO)(CNC(=O)N2CCCC2=O)N1Cc1ccccc1. The van der Waals surface area contributed by atoms with E-state index in [1.54, 1.807) is 0 Å². The molecule has 2 aliphatic rings. The number of nitrogens with one attached hydrogen (secondary N) is 1. The molecule has 1 aromatic carbocycles. The highest BCUT2D eigenvalue weighted by molar-refractivity contribution is 5.95. The van der Waals surface area contributed by atoms with Gasteiger partial charge in [0.05, 0.1) is 25.4 Å². The van der Waals surface area contributed by atoms with Gasteiger partial charge in [0, 0.05) is 32.1 Å². The van der Waals surface area contributed by atoms with Crippen molar-refractivity contribution in [2.45, 2.75) is 37.9 Å². The number of nitrogens with zero attached hydrogens (tertiary/aromatic N) is 2.